The third-order valence-corrected chi connectivity index (χ3v) is 7.07. The molecular formula is C26H24BrClN6O3. The number of halogens is 2. The van der Waals surface area contributed by atoms with Gasteiger partial charge in [-0.25, -0.2) is 9.78 Å². The summed E-state index contributed by atoms with van der Waals surface area (Å²) < 4.78 is 14.2. The number of aromatic amines is 1. The molecule has 0 aliphatic carbocycles. The molecule has 0 saturated carbocycles. The normalized spacial score (nSPS) is 11.4. The van der Waals surface area contributed by atoms with E-state index < -0.39 is 5.97 Å². The number of carbonyl (C=O) groups excluding carboxylic acids is 1. The number of hydrogen-bond donors (Lipinski definition) is 1. The van der Waals surface area contributed by atoms with E-state index >= 15 is 0 Å². The number of tetrazole rings is 1. The number of aryl methyl sites for hydroxylation is 1. The molecule has 0 atom stereocenters. The Morgan fingerprint density at radius 3 is 2.73 bits per heavy atom. The van der Waals surface area contributed by atoms with E-state index in [0.29, 0.717) is 30.1 Å². The van der Waals surface area contributed by atoms with Crippen molar-refractivity contribution in [2.24, 2.45) is 0 Å². The van der Waals surface area contributed by atoms with Crippen molar-refractivity contribution < 1.29 is 13.9 Å². The van der Waals surface area contributed by atoms with Crippen LogP contribution in [0.2, 0.25) is 5.15 Å². The first-order valence-electron chi connectivity index (χ1n) is 12.0. The zero-order valence-electron chi connectivity index (χ0n) is 20.3. The fourth-order valence-electron chi connectivity index (χ4n) is 4.28. The molecule has 0 aliphatic heterocycles. The molecule has 5 rings (SSSR count). The largest absolute Gasteiger partial charge is 0.461 e. The monoisotopic (exact) mass is 582 g/mol. The molecule has 5 aromatic rings. The van der Waals surface area contributed by atoms with Crippen LogP contribution in [0.5, 0.6) is 0 Å². The molecule has 0 amide bonds. The number of benzene rings is 2. The summed E-state index contributed by atoms with van der Waals surface area (Å²) in [6, 6.07) is 13.6. The first-order valence-corrected chi connectivity index (χ1v) is 13.1. The van der Waals surface area contributed by atoms with Gasteiger partial charge < -0.3 is 13.7 Å². The summed E-state index contributed by atoms with van der Waals surface area (Å²) in [5.41, 5.74) is 3.58. The molecule has 1 N–H and O–H groups in total. The minimum atomic E-state index is -0.478. The fraction of sp³-hybridized carbons (Fsp3) is 0.269. The molecular weight excluding hydrogens is 560 g/mol. The van der Waals surface area contributed by atoms with Gasteiger partial charge in [0, 0.05) is 29.5 Å². The van der Waals surface area contributed by atoms with Crippen LogP contribution < -0.4 is 0 Å². The SMILES string of the molecule is CCCCc1nc(Cl)c(C(=O)OCC)n1Cc1ccc2oc(-c3ccccc3-c3nn[nH]n3)c(Br)c2c1. The average Bonchev–Trinajstić information content (AvgIpc) is 3.62. The van der Waals surface area contributed by atoms with Gasteiger partial charge in [0.15, 0.2) is 10.8 Å². The van der Waals surface area contributed by atoms with Gasteiger partial charge in [-0.1, -0.05) is 55.3 Å². The highest BCUT2D eigenvalue weighted by Crippen LogP contribution is 2.41. The molecule has 37 heavy (non-hydrogen) atoms. The number of H-pyrrole nitrogens is 1. The smallest absolute Gasteiger partial charge is 0.358 e. The van der Waals surface area contributed by atoms with Crippen LogP contribution >= 0.6 is 27.5 Å². The van der Waals surface area contributed by atoms with Gasteiger partial charge in [0.2, 0.25) is 5.82 Å². The quantitative estimate of drug-likeness (QED) is 0.198. The summed E-state index contributed by atoms with van der Waals surface area (Å²) in [6.45, 7) is 4.55. The average molecular weight is 584 g/mol. The number of ether oxygens (including phenoxy) is 1. The topological polar surface area (TPSA) is 112 Å². The van der Waals surface area contributed by atoms with Crippen molar-refractivity contribution >= 4 is 44.5 Å². The zero-order valence-corrected chi connectivity index (χ0v) is 22.6. The van der Waals surface area contributed by atoms with E-state index in [1.807, 2.05) is 47.0 Å². The van der Waals surface area contributed by atoms with Crippen molar-refractivity contribution in [1.29, 1.82) is 0 Å². The van der Waals surface area contributed by atoms with Crippen molar-refractivity contribution in [2.45, 2.75) is 39.7 Å². The van der Waals surface area contributed by atoms with Crippen LogP contribution in [0.15, 0.2) is 51.4 Å². The molecule has 11 heteroatoms. The van der Waals surface area contributed by atoms with E-state index in [2.05, 4.69) is 48.5 Å². The van der Waals surface area contributed by atoms with E-state index in [0.717, 1.165) is 45.2 Å². The van der Waals surface area contributed by atoms with Crippen LogP contribution in [0, 0.1) is 0 Å². The van der Waals surface area contributed by atoms with Gasteiger partial charge in [-0.2, -0.15) is 5.21 Å². The predicted molar refractivity (Wildman–Crippen MR) is 143 cm³/mol. The summed E-state index contributed by atoms with van der Waals surface area (Å²) in [4.78, 5) is 17.2. The van der Waals surface area contributed by atoms with E-state index in [9.17, 15) is 4.79 Å². The van der Waals surface area contributed by atoms with E-state index in [1.165, 1.54) is 0 Å². The summed E-state index contributed by atoms with van der Waals surface area (Å²) in [7, 11) is 0. The highest BCUT2D eigenvalue weighted by atomic mass is 79.9. The molecule has 0 aliphatic rings. The Morgan fingerprint density at radius 1 is 1.19 bits per heavy atom. The Morgan fingerprint density at radius 2 is 2.00 bits per heavy atom. The highest BCUT2D eigenvalue weighted by molar-refractivity contribution is 9.10. The second-order valence-corrected chi connectivity index (χ2v) is 9.59. The first kappa shape index (κ1) is 25.2. The van der Waals surface area contributed by atoms with Crippen molar-refractivity contribution in [2.75, 3.05) is 6.61 Å². The molecule has 190 valence electrons. The van der Waals surface area contributed by atoms with E-state index in [-0.39, 0.29) is 17.5 Å². The lowest BCUT2D eigenvalue weighted by Crippen LogP contribution is -2.15. The Labute approximate surface area is 226 Å². The number of unbranched alkanes of at least 4 members (excludes halogenated alkanes) is 1. The Bertz CT molecular complexity index is 1560. The molecule has 0 fully saturated rings. The maximum absolute atomic E-state index is 12.7. The summed E-state index contributed by atoms with van der Waals surface area (Å²) in [6.07, 6.45) is 2.65. The molecule has 0 radical (unpaired) electrons. The lowest BCUT2D eigenvalue weighted by atomic mass is 10.0. The number of fused-ring (bicyclic) bond motifs is 1. The van der Waals surface area contributed by atoms with Crippen molar-refractivity contribution in [1.82, 2.24) is 30.2 Å². The molecule has 0 spiro atoms. The number of nitrogens with zero attached hydrogens (tertiary/aromatic N) is 5. The van der Waals surface area contributed by atoms with Gasteiger partial charge in [0.1, 0.15) is 17.2 Å². The number of aromatic nitrogens is 6. The van der Waals surface area contributed by atoms with Gasteiger partial charge in [0.25, 0.3) is 0 Å². The standard InChI is InChI=1S/C26H24BrClN6O3/c1-3-5-10-20-29-24(28)22(26(35)36-4-2)34(20)14-15-11-12-19-18(13-15)21(27)23(37-19)16-8-6-7-9-17(16)25-30-32-33-31-25/h6-9,11-13H,3-5,10,14H2,1-2H3,(H,30,31,32,33). The predicted octanol–water partition coefficient (Wildman–Crippen LogP) is 6.46. The molecule has 3 heterocycles. The second-order valence-electron chi connectivity index (χ2n) is 8.43. The lowest BCUT2D eigenvalue weighted by molar-refractivity contribution is 0.0514. The van der Waals surface area contributed by atoms with Crippen molar-refractivity contribution in [3.8, 4) is 22.7 Å². The third-order valence-electron chi connectivity index (χ3n) is 6.02. The summed E-state index contributed by atoms with van der Waals surface area (Å²) >= 11 is 10.1. The van der Waals surface area contributed by atoms with Gasteiger partial charge >= 0.3 is 5.97 Å². The third kappa shape index (κ3) is 4.91. The molecule has 0 unspecified atom stereocenters. The molecule has 3 aromatic heterocycles. The summed E-state index contributed by atoms with van der Waals surface area (Å²) in [5, 5.41) is 15.5. The molecule has 0 saturated heterocycles. The second kappa shape index (κ2) is 10.9. The molecule has 9 nitrogen and oxygen atoms in total. The van der Waals surface area contributed by atoms with Crippen LogP contribution in [0.3, 0.4) is 0 Å². The maximum atomic E-state index is 12.7. The van der Waals surface area contributed by atoms with E-state index in [1.54, 1.807) is 6.92 Å². The minimum absolute atomic E-state index is 0.162. The van der Waals surface area contributed by atoms with Crippen LogP contribution in [0.4, 0.5) is 0 Å². The van der Waals surface area contributed by atoms with Crippen LogP contribution in [0.1, 0.15) is 48.6 Å². The molecule has 0 bridgehead atoms. The van der Waals surface area contributed by atoms with E-state index in [4.69, 9.17) is 20.8 Å². The highest BCUT2D eigenvalue weighted by Gasteiger charge is 2.24. The Kier molecular flexibility index (Phi) is 7.38. The summed E-state index contributed by atoms with van der Waals surface area (Å²) in [5.74, 6) is 1.42. The number of carbonyl (C=O) groups is 1. The Hall–Kier alpha value is -3.50. The number of hydrogen-bond acceptors (Lipinski definition) is 7. The van der Waals surface area contributed by atoms with Crippen molar-refractivity contribution in [3.05, 3.63) is 69.2 Å². The van der Waals surface area contributed by atoms with Crippen LogP contribution in [-0.4, -0.2) is 42.8 Å². The molecule has 2 aromatic carbocycles. The first-order chi connectivity index (χ1) is 18.0. The lowest BCUT2D eigenvalue weighted by Gasteiger charge is -2.12. The van der Waals surface area contributed by atoms with Gasteiger partial charge in [-0.05, 0) is 52.2 Å². The number of imidazole rings is 1. The van der Waals surface area contributed by atoms with Gasteiger partial charge in [-0.3, -0.25) is 0 Å². The minimum Gasteiger partial charge on any atom is -0.461 e. The number of esters is 1. The Balaban J connectivity index is 1.55. The number of furan rings is 1. The maximum Gasteiger partial charge on any atom is 0.358 e. The number of nitrogens with one attached hydrogen (secondary N) is 1. The van der Waals surface area contributed by atoms with Gasteiger partial charge in [-0.15, -0.1) is 10.2 Å². The zero-order chi connectivity index (χ0) is 25.9. The fourth-order valence-corrected chi connectivity index (χ4v) is 5.16. The van der Waals surface area contributed by atoms with Gasteiger partial charge in [0.05, 0.1) is 11.1 Å². The van der Waals surface area contributed by atoms with Crippen LogP contribution in [-0.2, 0) is 17.7 Å². The van der Waals surface area contributed by atoms with Crippen molar-refractivity contribution in [3.63, 3.8) is 0 Å². The number of rotatable bonds is 9. The van der Waals surface area contributed by atoms with Crippen LogP contribution in [0.25, 0.3) is 33.7 Å².